The summed E-state index contributed by atoms with van der Waals surface area (Å²) in [6, 6.07) is 6.81. The quantitative estimate of drug-likeness (QED) is 0.661. The molecule has 7 nitrogen and oxygen atoms in total. The number of para-hydroxylation sites is 1. The van der Waals surface area contributed by atoms with Crippen LogP contribution in [0.15, 0.2) is 34.4 Å². The van der Waals surface area contributed by atoms with Crippen LogP contribution in [-0.2, 0) is 9.63 Å². The molecule has 0 spiro atoms. The smallest absolute Gasteiger partial charge is 0.322 e. The molecule has 0 aromatic heterocycles. The number of aliphatic carboxylic acids is 1. The number of carbonyl (C=O) groups excluding carboxylic acids is 1. The molecular formula is C17H19N3O4. The second kappa shape index (κ2) is 5.74. The monoisotopic (exact) mass is 329 g/mol. The van der Waals surface area contributed by atoms with Gasteiger partial charge < -0.3 is 14.8 Å². The van der Waals surface area contributed by atoms with Crippen molar-refractivity contribution in [1.82, 2.24) is 4.90 Å². The highest BCUT2D eigenvalue weighted by atomic mass is 16.6. The van der Waals surface area contributed by atoms with E-state index in [4.69, 9.17) is 4.84 Å². The van der Waals surface area contributed by atoms with Crippen LogP contribution in [0, 0.1) is 11.3 Å². The van der Waals surface area contributed by atoms with Crippen molar-refractivity contribution in [2.45, 2.75) is 13.8 Å². The number of carbonyl (C=O) groups is 2. The van der Waals surface area contributed by atoms with Gasteiger partial charge in [-0.1, -0.05) is 31.1 Å². The predicted octanol–water partition coefficient (Wildman–Crippen LogP) is 1.96. The van der Waals surface area contributed by atoms with Gasteiger partial charge in [-0.25, -0.2) is 4.99 Å². The Kier molecular flexibility index (Phi) is 3.87. The van der Waals surface area contributed by atoms with Gasteiger partial charge in [0.05, 0.1) is 17.9 Å². The van der Waals surface area contributed by atoms with Gasteiger partial charge in [0, 0.05) is 17.5 Å². The largest absolute Gasteiger partial charge is 0.480 e. The average molecular weight is 329 g/mol. The predicted molar refractivity (Wildman–Crippen MR) is 88.8 cm³/mol. The number of carboxylic acid groups (broad SMARTS) is 1. The molecule has 0 saturated carbocycles. The molecule has 1 unspecified atom stereocenters. The van der Waals surface area contributed by atoms with E-state index in [2.05, 4.69) is 10.1 Å². The van der Waals surface area contributed by atoms with Gasteiger partial charge in [0.15, 0.2) is 11.7 Å². The van der Waals surface area contributed by atoms with Gasteiger partial charge in [-0.05, 0) is 12.1 Å². The van der Waals surface area contributed by atoms with Gasteiger partial charge in [-0.3, -0.25) is 9.59 Å². The third-order valence-corrected chi connectivity index (χ3v) is 4.41. The average Bonchev–Trinajstić information content (AvgIpc) is 2.82. The number of benzene rings is 1. The number of amidine groups is 1. The van der Waals surface area contributed by atoms with Gasteiger partial charge in [0.1, 0.15) is 12.9 Å². The lowest BCUT2D eigenvalue weighted by atomic mass is 9.90. The second-order valence-corrected chi connectivity index (χ2v) is 6.58. The van der Waals surface area contributed by atoms with Gasteiger partial charge in [0.25, 0.3) is 0 Å². The fourth-order valence-corrected chi connectivity index (χ4v) is 3.16. The number of oxime groups is 1. The lowest BCUT2D eigenvalue weighted by molar-refractivity contribution is -0.138. The van der Waals surface area contributed by atoms with Gasteiger partial charge >= 0.3 is 5.97 Å². The molecule has 7 heteroatoms. The highest BCUT2D eigenvalue weighted by Crippen LogP contribution is 2.34. The molecule has 1 N–H and O–H groups in total. The van der Waals surface area contributed by atoms with Crippen LogP contribution >= 0.6 is 0 Å². The number of Topliss-reactive ketones (excluding diaryl/α,β-unsaturated/α-hetero) is 1. The zero-order valence-corrected chi connectivity index (χ0v) is 13.8. The molecule has 1 fully saturated rings. The Hall–Kier alpha value is -2.70. The Morgan fingerprint density at radius 3 is 2.79 bits per heavy atom. The highest BCUT2D eigenvalue weighted by Gasteiger charge is 2.45. The zero-order valence-electron chi connectivity index (χ0n) is 13.8. The molecule has 0 amide bonds. The molecule has 1 aromatic carbocycles. The first kappa shape index (κ1) is 16.2. The van der Waals surface area contributed by atoms with Crippen molar-refractivity contribution in [1.29, 1.82) is 0 Å². The normalized spacial score (nSPS) is 23.9. The maximum Gasteiger partial charge on any atom is 0.322 e. The first-order valence-electron chi connectivity index (χ1n) is 7.65. The molecule has 0 bridgehead atoms. The number of likely N-dealkylation sites (tertiary alicyclic amines) is 1. The summed E-state index contributed by atoms with van der Waals surface area (Å²) in [4.78, 5) is 35.6. The summed E-state index contributed by atoms with van der Waals surface area (Å²) in [5.41, 5.74) is 1.35. The SMILES string of the molecule is CON=C1CN(C2=Nc3ccccc3C(=O)C2C(=O)O)CC1(C)C. The summed E-state index contributed by atoms with van der Waals surface area (Å²) in [6.07, 6.45) is 0. The lowest BCUT2D eigenvalue weighted by Gasteiger charge is -2.28. The van der Waals surface area contributed by atoms with E-state index in [1.54, 1.807) is 24.3 Å². The first-order chi connectivity index (χ1) is 11.3. The third kappa shape index (κ3) is 2.55. The van der Waals surface area contributed by atoms with Gasteiger partial charge in [-0.15, -0.1) is 0 Å². The van der Waals surface area contributed by atoms with Gasteiger partial charge in [0.2, 0.25) is 0 Å². The minimum Gasteiger partial charge on any atom is -0.480 e. The summed E-state index contributed by atoms with van der Waals surface area (Å²) in [6.45, 7) is 4.91. The molecule has 1 saturated heterocycles. The highest BCUT2D eigenvalue weighted by molar-refractivity contribution is 6.27. The van der Waals surface area contributed by atoms with Crippen LogP contribution in [-0.4, -0.2) is 53.5 Å². The topological polar surface area (TPSA) is 91.6 Å². The molecule has 1 atom stereocenters. The van der Waals surface area contributed by atoms with Crippen LogP contribution in [0.25, 0.3) is 0 Å². The first-order valence-corrected chi connectivity index (χ1v) is 7.65. The molecule has 0 radical (unpaired) electrons. The standard InChI is InChI=1S/C17H19N3O4/c1-17(2)9-20(8-12(17)19-24-3)15-13(16(22)23)14(21)10-6-4-5-7-11(10)18-15/h4-7,13H,8-9H2,1-3H3,(H,22,23). The number of nitrogens with zero attached hydrogens (tertiary/aromatic N) is 3. The van der Waals surface area contributed by atoms with E-state index in [0.717, 1.165) is 5.71 Å². The van der Waals surface area contributed by atoms with E-state index in [1.165, 1.54) is 7.11 Å². The molecule has 1 aromatic rings. The van der Waals surface area contributed by atoms with Crippen LogP contribution in [0.3, 0.4) is 0 Å². The van der Waals surface area contributed by atoms with E-state index >= 15 is 0 Å². The number of rotatable bonds is 2. The van der Waals surface area contributed by atoms with Crippen LogP contribution < -0.4 is 0 Å². The molecule has 0 aliphatic carbocycles. The fraction of sp³-hybridized carbons (Fsp3) is 0.412. The summed E-state index contributed by atoms with van der Waals surface area (Å²) >= 11 is 0. The fourth-order valence-electron chi connectivity index (χ4n) is 3.16. The summed E-state index contributed by atoms with van der Waals surface area (Å²) < 4.78 is 0. The van der Waals surface area contributed by atoms with Crippen molar-refractivity contribution in [2.24, 2.45) is 21.5 Å². The van der Waals surface area contributed by atoms with E-state index in [0.29, 0.717) is 24.3 Å². The third-order valence-electron chi connectivity index (χ3n) is 4.41. The minimum absolute atomic E-state index is 0.264. The number of ketones is 1. The number of fused-ring (bicyclic) bond motifs is 1. The summed E-state index contributed by atoms with van der Waals surface area (Å²) in [7, 11) is 1.48. The van der Waals surface area contributed by atoms with Crippen molar-refractivity contribution in [3.63, 3.8) is 0 Å². The number of hydrogen-bond acceptors (Lipinski definition) is 6. The van der Waals surface area contributed by atoms with Crippen molar-refractivity contribution in [2.75, 3.05) is 20.2 Å². The van der Waals surface area contributed by atoms with Crippen LogP contribution in [0.2, 0.25) is 0 Å². The Morgan fingerprint density at radius 1 is 1.42 bits per heavy atom. The Bertz CT molecular complexity index is 767. The van der Waals surface area contributed by atoms with Crippen molar-refractivity contribution in [3.8, 4) is 0 Å². The molecule has 2 aliphatic rings. The molecule has 126 valence electrons. The molecule has 2 heterocycles. The Balaban J connectivity index is 2.06. The molecule has 3 rings (SSSR count). The molecule has 24 heavy (non-hydrogen) atoms. The maximum atomic E-state index is 12.7. The summed E-state index contributed by atoms with van der Waals surface area (Å²) in [5.74, 6) is -2.65. The van der Waals surface area contributed by atoms with Crippen molar-refractivity contribution in [3.05, 3.63) is 29.8 Å². The number of carboxylic acids is 1. The second-order valence-electron chi connectivity index (χ2n) is 6.58. The maximum absolute atomic E-state index is 12.7. The van der Waals surface area contributed by atoms with Crippen LogP contribution in [0.4, 0.5) is 5.69 Å². The summed E-state index contributed by atoms with van der Waals surface area (Å²) in [5, 5.41) is 13.6. The van der Waals surface area contributed by atoms with E-state index in [1.807, 2.05) is 18.7 Å². The van der Waals surface area contributed by atoms with E-state index < -0.39 is 17.7 Å². The number of hydrogen-bond donors (Lipinski definition) is 1. The van der Waals surface area contributed by atoms with E-state index in [9.17, 15) is 14.7 Å². The Labute approximate surface area is 139 Å². The number of aliphatic imine (C=N–C) groups is 1. The van der Waals surface area contributed by atoms with Crippen molar-refractivity contribution < 1.29 is 19.5 Å². The van der Waals surface area contributed by atoms with Gasteiger partial charge in [-0.2, -0.15) is 0 Å². The van der Waals surface area contributed by atoms with E-state index in [-0.39, 0.29) is 11.3 Å². The zero-order chi connectivity index (χ0) is 17.5. The minimum atomic E-state index is -1.29. The van der Waals surface area contributed by atoms with Crippen LogP contribution in [0.5, 0.6) is 0 Å². The molecular weight excluding hydrogens is 310 g/mol. The lowest BCUT2D eigenvalue weighted by Crippen LogP contribution is -2.44. The van der Waals surface area contributed by atoms with Crippen molar-refractivity contribution >= 4 is 29.0 Å². The Morgan fingerprint density at radius 2 is 2.12 bits per heavy atom. The van der Waals surface area contributed by atoms with Crippen LogP contribution in [0.1, 0.15) is 24.2 Å². The molecule has 2 aliphatic heterocycles.